The molecule has 3 heterocycles. The second kappa shape index (κ2) is 5.88. The zero-order valence-corrected chi connectivity index (χ0v) is 13.4. The lowest BCUT2D eigenvalue weighted by Crippen LogP contribution is -2.54. The van der Waals surface area contributed by atoms with Crippen LogP contribution in [0, 0.1) is 11.8 Å². The Bertz CT molecular complexity index is 625. The molecule has 1 fully saturated rings. The van der Waals surface area contributed by atoms with Gasteiger partial charge in [0.15, 0.2) is 0 Å². The van der Waals surface area contributed by atoms with Crippen molar-refractivity contribution in [1.29, 1.82) is 0 Å². The van der Waals surface area contributed by atoms with E-state index in [9.17, 15) is 9.59 Å². The highest BCUT2D eigenvalue weighted by Crippen LogP contribution is 2.35. The summed E-state index contributed by atoms with van der Waals surface area (Å²) in [5, 5.41) is 0. The summed E-state index contributed by atoms with van der Waals surface area (Å²) in [4.78, 5) is 26.6. The van der Waals surface area contributed by atoms with Crippen molar-refractivity contribution in [1.82, 2.24) is 9.47 Å². The van der Waals surface area contributed by atoms with E-state index in [1.807, 2.05) is 28.5 Å². The molecule has 2 bridgehead atoms. The van der Waals surface area contributed by atoms with Gasteiger partial charge in [0, 0.05) is 37.3 Å². The van der Waals surface area contributed by atoms with Crippen molar-refractivity contribution in [3.8, 4) is 0 Å². The molecule has 1 aromatic rings. The van der Waals surface area contributed by atoms with Gasteiger partial charge in [-0.1, -0.05) is 26.3 Å². The lowest BCUT2D eigenvalue weighted by Gasteiger charge is -2.43. The van der Waals surface area contributed by atoms with Gasteiger partial charge >= 0.3 is 0 Å². The predicted molar refractivity (Wildman–Crippen MR) is 85.6 cm³/mol. The number of likely N-dealkylation sites (tertiary alicyclic amines) is 1. The number of fused-ring (bicyclic) bond motifs is 4. The van der Waals surface area contributed by atoms with E-state index >= 15 is 0 Å². The zero-order chi connectivity index (χ0) is 15.9. The van der Waals surface area contributed by atoms with E-state index in [0.717, 1.165) is 25.1 Å². The minimum Gasteiger partial charge on any atom is -0.340 e. The Balaban J connectivity index is 1.82. The molecule has 1 aromatic heterocycles. The average molecular weight is 303 g/mol. The van der Waals surface area contributed by atoms with Crippen LogP contribution in [0.25, 0.3) is 0 Å². The van der Waals surface area contributed by atoms with Crippen LogP contribution in [0.2, 0.25) is 0 Å². The molecule has 0 aliphatic carbocycles. The minimum atomic E-state index is -0.415. The second-order valence-corrected chi connectivity index (χ2v) is 6.85. The fourth-order valence-electron chi connectivity index (χ4n) is 3.78. The van der Waals surface area contributed by atoms with E-state index in [1.165, 1.54) is 0 Å². The minimum absolute atomic E-state index is 0.0655. The monoisotopic (exact) mass is 303 g/mol. The van der Waals surface area contributed by atoms with Gasteiger partial charge in [-0.05, 0) is 24.3 Å². The van der Waals surface area contributed by atoms with E-state index in [0.29, 0.717) is 19.0 Å². The maximum atomic E-state index is 12.6. The molecule has 1 amide bonds. The van der Waals surface area contributed by atoms with Gasteiger partial charge in [-0.3, -0.25) is 9.59 Å². The van der Waals surface area contributed by atoms with Gasteiger partial charge in [-0.2, -0.15) is 0 Å². The molecule has 2 aliphatic rings. The van der Waals surface area contributed by atoms with E-state index in [1.54, 1.807) is 6.07 Å². The number of amides is 1. The summed E-state index contributed by atoms with van der Waals surface area (Å²) in [6.07, 6.45) is 1.97. The topological polar surface area (TPSA) is 68.3 Å². The Morgan fingerprint density at radius 2 is 2.14 bits per heavy atom. The normalized spacial score (nSPS) is 26.2. The van der Waals surface area contributed by atoms with Crippen LogP contribution in [0.15, 0.2) is 23.0 Å². The van der Waals surface area contributed by atoms with Crippen LogP contribution in [0.5, 0.6) is 0 Å². The molecule has 4 atom stereocenters. The second-order valence-electron chi connectivity index (χ2n) is 6.85. The molecule has 22 heavy (non-hydrogen) atoms. The third-order valence-electron chi connectivity index (χ3n) is 5.33. The zero-order valence-electron chi connectivity index (χ0n) is 13.4. The molecule has 5 heteroatoms. The summed E-state index contributed by atoms with van der Waals surface area (Å²) in [6.45, 7) is 6.21. The SMILES string of the molecule is CCC(C)[C@@H](N)C(=O)N1C[C@@H]2C[C@H](C1)c1cccc(=O)n1C2. The van der Waals surface area contributed by atoms with Crippen molar-refractivity contribution in [3.05, 3.63) is 34.2 Å². The number of piperidine rings is 1. The van der Waals surface area contributed by atoms with E-state index in [2.05, 4.69) is 6.92 Å². The molecule has 1 unspecified atom stereocenters. The molecule has 120 valence electrons. The van der Waals surface area contributed by atoms with E-state index < -0.39 is 6.04 Å². The van der Waals surface area contributed by atoms with Crippen molar-refractivity contribution >= 4 is 5.91 Å². The molecule has 0 radical (unpaired) electrons. The Labute approximate surface area is 131 Å². The number of aromatic nitrogens is 1. The van der Waals surface area contributed by atoms with Gasteiger partial charge in [-0.25, -0.2) is 0 Å². The number of hydrogen-bond acceptors (Lipinski definition) is 3. The molecular weight excluding hydrogens is 278 g/mol. The van der Waals surface area contributed by atoms with Crippen LogP contribution < -0.4 is 11.3 Å². The first-order chi connectivity index (χ1) is 10.5. The summed E-state index contributed by atoms with van der Waals surface area (Å²) in [7, 11) is 0. The molecule has 5 nitrogen and oxygen atoms in total. The number of pyridine rings is 1. The number of nitrogens with zero attached hydrogens (tertiary/aromatic N) is 2. The summed E-state index contributed by atoms with van der Waals surface area (Å²) < 4.78 is 1.88. The Hall–Kier alpha value is -1.62. The molecule has 2 aliphatic heterocycles. The van der Waals surface area contributed by atoms with Crippen LogP contribution in [-0.2, 0) is 11.3 Å². The first-order valence-electron chi connectivity index (χ1n) is 8.25. The fourth-order valence-corrected chi connectivity index (χ4v) is 3.78. The van der Waals surface area contributed by atoms with Gasteiger partial charge in [-0.15, -0.1) is 0 Å². The standard InChI is InChI=1S/C17H25N3O2/c1-3-11(2)16(18)17(22)19-8-12-7-13(10-19)14-5-4-6-15(21)20(14)9-12/h4-6,11-13,16H,3,7-10,18H2,1-2H3/t11?,12-,13+,16+/m0/s1. The maximum Gasteiger partial charge on any atom is 0.250 e. The van der Waals surface area contributed by atoms with E-state index in [4.69, 9.17) is 5.73 Å². The van der Waals surface area contributed by atoms with E-state index in [-0.39, 0.29) is 23.3 Å². The fraction of sp³-hybridized carbons (Fsp3) is 0.647. The number of rotatable bonds is 3. The molecule has 0 spiro atoms. The smallest absolute Gasteiger partial charge is 0.250 e. The molecule has 1 saturated heterocycles. The van der Waals surface area contributed by atoms with Crippen molar-refractivity contribution in [2.45, 2.75) is 45.2 Å². The van der Waals surface area contributed by atoms with Gasteiger partial charge in [0.2, 0.25) is 5.91 Å². The van der Waals surface area contributed by atoms with Crippen molar-refractivity contribution in [2.24, 2.45) is 17.6 Å². The Kier molecular flexibility index (Phi) is 4.08. The summed E-state index contributed by atoms with van der Waals surface area (Å²) in [5.41, 5.74) is 7.27. The first-order valence-corrected chi connectivity index (χ1v) is 8.25. The highest BCUT2D eigenvalue weighted by atomic mass is 16.2. The highest BCUT2D eigenvalue weighted by molar-refractivity contribution is 5.82. The summed E-state index contributed by atoms with van der Waals surface area (Å²) >= 11 is 0. The lowest BCUT2D eigenvalue weighted by molar-refractivity contribution is -0.136. The quantitative estimate of drug-likeness (QED) is 0.911. The van der Waals surface area contributed by atoms with Crippen molar-refractivity contribution in [3.63, 3.8) is 0 Å². The first kappa shape index (κ1) is 15.3. The largest absolute Gasteiger partial charge is 0.340 e. The van der Waals surface area contributed by atoms with Crippen LogP contribution in [0.1, 0.15) is 38.3 Å². The van der Waals surface area contributed by atoms with Crippen molar-refractivity contribution in [2.75, 3.05) is 13.1 Å². The molecule has 0 aromatic carbocycles. The van der Waals surface area contributed by atoms with Crippen molar-refractivity contribution < 1.29 is 4.79 Å². The van der Waals surface area contributed by atoms with Gasteiger partial charge < -0.3 is 15.2 Å². The number of nitrogens with two attached hydrogens (primary N) is 1. The number of carbonyl (C=O) groups is 1. The molecule has 2 N–H and O–H groups in total. The lowest BCUT2D eigenvalue weighted by atomic mass is 9.82. The summed E-state index contributed by atoms with van der Waals surface area (Å²) in [5.74, 6) is 0.883. The van der Waals surface area contributed by atoms with Crippen LogP contribution >= 0.6 is 0 Å². The predicted octanol–water partition coefficient (Wildman–Crippen LogP) is 1.17. The van der Waals surface area contributed by atoms with Gasteiger partial charge in [0.1, 0.15) is 0 Å². The summed E-state index contributed by atoms with van der Waals surface area (Å²) in [6, 6.07) is 5.04. The van der Waals surface area contributed by atoms with Gasteiger partial charge in [0.25, 0.3) is 5.56 Å². The Morgan fingerprint density at radius 1 is 1.36 bits per heavy atom. The third-order valence-corrected chi connectivity index (χ3v) is 5.33. The Morgan fingerprint density at radius 3 is 2.86 bits per heavy atom. The van der Waals surface area contributed by atoms with Gasteiger partial charge in [0.05, 0.1) is 6.04 Å². The molecule has 3 rings (SSSR count). The molecular formula is C17H25N3O2. The van der Waals surface area contributed by atoms with Crippen LogP contribution in [0.4, 0.5) is 0 Å². The van der Waals surface area contributed by atoms with Crippen LogP contribution in [-0.4, -0.2) is 34.5 Å². The third kappa shape index (κ3) is 2.58. The van der Waals surface area contributed by atoms with Crippen LogP contribution in [0.3, 0.4) is 0 Å². The average Bonchev–Trinajstić information content (AvgIpc) is 2.53. The number of hydrogen-bond donors (Lipinski definition) is 1. The molecule has 0 saturated carbocycles. The maximum absolute atomic E-state index is 12.6. The highest BCUT2D eigenvalue weighted by Gasteiger charge is 2.37. The number of carbonyl (C=O) groups excluding carboxylic acids is 1.